The number of nitriles is 3. The van der Waals surface area contributed by atoms with E-state index in [-0.39, 0.29) is 5.90 Å². The van der Waals surface area contributed by atoms with Crippen molar-refractivity contribution in [2.75, 3.05) is 0 Å². The van der Waals surface area contributed by atoms with Crippen molar-refractivity contribution in [3.05, 3.63) is 34.3 Å². The molecule has 1 aromatic rings. The lowest BCUT2D eigenvalue weighted by atomic mass is 9.52. The van der Waals surface area contributed by atoms with Crippen LogP contribution < -0.4 is 0 Å². The second kappa shape index (κ2) is 6.06. The summed E-state index contributed by atoms with van der Waals surface area (Å²) in [5.74, 6) is -1.94. The summed E-state index contributed by atoms with van der Waals surface area (Å²) in [5.41, 5.74) is -2.88. The van der Waals surface area contributed by atoms with Crippen LogP contribution in [-0.4, -0.2) is 11.7 Å². The average Bonchev–Trinajstić information content (AvgIpc) is 2.81. The second-order valence-electron chi connectivity index (χ2n) is 7.40. The van der Waals surface area contributed by atoms with Gasteiger partial charge in [-0.1, -0.05) is 40.9 Å². The van der Waals surface area contributed by atoms with Gasteiger partial charge in [-0.15, -0.1) is 0 Å². The molecule has 3 aliphatic rings. The fraction of sp³-hybridized carbons (Fsp3) is 0.500. The maximum absolute atomic E-state index is 10.2. The lowest BCUT2D eigenvalue weighted by molar-refractivity contribution is -0.284. The zero-order valence-corrected chi connectivity index (χ0v) is 16.1. The zero-order chi connectivity index (χ0) is 19.3. The summed E-state index contributed by atoms with van der Waals surface area (Å²) in [6.07, 6.45) is 2.83. The number of halogens is 1. The van der Waals surface area contributed by atoms with Crippen LogP contribution in [0.4, 0.5) is 0 Å². The lowest BCUT2D eigenvalue weighted by Crippen LogP contribution is -2.59. The second-order valence-corrected chi connectivity index (χ2v) is 8.31. The van der Waals surface area contributed by atoms with Crippen molar-refractivity contribution >= 4 is 21.8 Å². The first-order valence-electron chi connectivity index (χ1n) is 8.95. The summed E-state index contributed by atoms with van der Waals surface area (Å²) in [7, 11) is 0. The van der Waals surface area contributed by atoms with Crippen molar-refractivity contribution in [2.45, 2.75) is 44.0 Å². The van der Waals surface area contributed by atoms with Crippen LogP contribution in [0.1, 0.15) is 43.8 Å². The molecule has 0 amide bonds. The highest BCUT2D eigenvalue weighted by atomic mass is 79.9. The molecular formula is C20H17BrN4O2. The Balaban J connectivity index is 1.99. The largest absolute Gasteiger partial charge is 0.447 e. The molecule has 4 atom stereocenters. The Hall–Kier alpha value is -2.40. The highest BCUT2D eigenvalue weighted by Gasteiger charge is 2.80. The predicted molar refractivity (Wildman–Crippen MR) is 97.8 cm³/mol. The van der Waals surface area contributed by atoms with Gasteiger partial charge in [0.15, 0.2) is 5.41 Å². The number of nitrogens with one attached hydrogen (secondary N) is 1. The van der Waals surface area contributed by atoms with Crippen LogP contribution in [0.5, 0.6) is 0 Å². The Morgan fingerprint density at radius 3 is 2.37 bits per heavy atom. The van der Waals surface area contributed by atoms with Gasteiger partial charge in [-0.05, 0) is 30.5 Å². The van der Waals surface area contributed by atoms with Crippen LogP contribution in [0.2, 0.25) is 0 Å². The van der Waals surface area contributed by atoms with Gasteiger partial charge < -0.3 is 9.47 Å². The van der Waals surface area contributed by atoms with E-state index in [4.69, 9.17) is 14.9 Å². The van der Waals surface area contributed by atoms with Crippen molar-refractivity contribution in [1.29, 1.82) is 21.2 Å². The molecule has 1 N–H and O–H groups in total. The molecule has 136 valence electrons. The van der Waals surface area contributed by atoms with Crippen molar-refractivity contribution < 1.29 is 9.47 Å². The molecule has 4 rings (SSSR count). The van der Waals surface area contributed by atoms with Gasteiger partial charge in [0.05, 0.1) is 24.1 Å². The lowest BCUT2D eigenvalue weighted by Gasteiger charge is -2.49. The molecule has 0 radical (unpaired) electrons. The molecule has 0 unspecified atom stereocenters. The molecule has 0 spiro atoms. The molecule has 27 heavy (non-hydrogen) atoms. The maximum Gasteiger partial charge on any atom is 0.217 e. The Morgan fingerprint density at radius 1 is 1.04 bits per heavy atom. The normalized spacial score (nSPS) is 36.3. The summed E-state index contributed by atoms with van der Waals surface area (Å²) in [6.45, 7) is 0. The van der Waals surface area contributed by atoms with Crippen LogP contribution in [0.3, 0.4) is 0 Å². The van der Waals surface area contributed by atoms with Crippen LogP contribution in [0.25, 0.3) is 0 Å². The molecule has 2 aliphatic heterocycles. The van der Waals surface area contributed by atoms with E-state index in [9.17, 15) is 15.8 Å². The fourth-order valence-electron chi connectivity index (χ4n) is 4.98. The van der Waals surface area contributed by atoms with Gasteiger partial charge in [-0.2, -0.15) is 15.8 Å². The number of hydrogen-bond acceptors (Lipinski definition) is 6. The SMILES string of the molecule is N#CC1(C#N)[C@@H](c2ccc(Br)cc2)O[C@]23CCCCC[C@@H]2[C@]1(C#N)C(=N)O3. The van der Waals surface area contributed by atoms with Crippen molar-refractivity contribution in [1.82, 2.24) is 0 Å². The van der Waals surface area contributed by atoms with E-state index >= 15 is 0 Å². The van der Waals surface area contributed by atoms with Gasteiger partial charge >= 0.3 is 0 Å². The Bertz CT molecular complexity index is 911. The summed E-state index contributed by atoms with van der Waals surface area (Å²) in [4.78, 5) is 0. The topological polar surface area (TPSA) is 114 Å². The first-order valence-corrected chi connectivity index (χ1v) is 9.74. The summed E-state index contributed by atoms with van der Waals surface area (Å²) < 4.78 is 13.2. The van der Waals surface area contributed by atoms with Crippen LogP contribution in [0, 0.1) is 56.2 Å². The highest BCUT2D eigenvalue weighted by molar-refractivity contribution is 9.10. The molecule has 2 heterocycles. The monoisotopic (exact) mass is 424 g/mol. The number of benzene rings is 1. The minimum Gasteiger partial charge on any atom is -0.447 e. The summed E-state index contributed by atoms with van der Waals surface area (Å²) in [6, 6.07) is 13.5. The molecule has 0 aromatic heterocycles. The van der Waals surface area contributed by atoms with Gasteiger partial charge in [0.2, 0.25) is 17.1 Å². The van der Waals surface area contributed by atoms with E-state index in [0.29, 0.717) is 18.4 Å². The fourth-order valence-corrected chi connectivity index (χ4v) is 5.24. The Kier molecular flexibility index (Phi) is 4.04. The molecule has 2 saturated heterocycles. The quantitative estimate of drug-likeness (QED) is 0.719. The van der Waals surface area contributed by atoms with Gasteiger partial charge in [0, 0.05) is 10.9 Å². The summed E-state index contributed by atoms with van der Waals surface area (Å²) >= 11 is 3.38. The Labute approximate surface area is 165 Å². The first-order chi connectivity index (χ1) is 13.0. The van der Waals surface area contributed by atoms with E-state index in [2.05, 4.69) is 34.1 Å². The minimum atomic E-state index is -1.86. The smallest absolute Gasteiger partial charge is 0.217 e. The van der Waals surface area contributed by atoms with Crippen LogP contribution >= 0.6 is 15.9 Å². The Morgan fingerprint density at radius 2 is 1.74 bits per heavy atom. The average molecular weight is 425 g/mol. The van der Waals surface area contributed by atoms with Crippen molar-refractivity contribution in [2.24, 2.45) is 16.7 Å². The maximum atomic E-state index is 10.2. The molecule has 3 fully saturated rings. The van der Waals surface area contributed by atoms with E-state index in [1.165, 1.54) is 0 Å². The van der Waals surface area contributed by atoms with Crippen LogP contribution in [-0.2, 0) is 9.47 Å². The molecule has 1 aliphatic carbocycles. The van der Waals surface area contributed by atoms with Gasteiger partial charge in [0.25, 0.3) is 0 Å². The van der Waals surface area contributed by atoms with Gasteiger partial charge in [-0.25, -0.2) is 0 Å². The minimum absolute atomic E-state index is 0.306. The molecule has 1 saturated carbocycles. The number of nitrogens with zero attached hydrogens (tertiary/aromatic N) is 3. The van der Waals surface area contributed by atoms with Crippen molar-refractivity contribution in [3.63, 3.8) is 0 Å². The van der Waals surface area contributed by atoms with E-state index in [1.807, 2.05) is 12.1 Å². The first kappa shape index (κ1) is 18.0. The third kappa shape index (κ3) is 2.09. The van der Waals surface area contributed by atoms with E-state index in [1.54, 1.807) is 12.1 Å². The number of ether oxygens (including phenoxy) is 2. The van der Waals surface area contributed by atoms with Gasteiger partial charge in [0.1, 0.15) is 6.10 Å². The highest BCUT2D eigenvalue weighted by Crippen LogP contribution is 2.68. The zero-order valence-electron chi connectivity index (χ0n) is 14.5. The third-order valence-electron chi connectivity index (χ3n) is 6.24. The van der Waals surface area contributed by atoms with Crippen molar-refractivity contribution in [3.8, 4) is 18.2 Å². The summed E-state index contributed by atoms with van der Waals surface area (Å²) in [5, 5.41) is 39.0. The standard InChI is InChI=1S/C20H17BrN4O2/c21-14-7-5-13(6-8-14)16-18(10-22,11-23)19(12-24)15-4-2-1-3-9-20(15,26-16)27-17(19)25/h5-8,15-16,25H,1-4,9H2/t15-,16-,19-,20+/m1/s1. The molecule has 2 bridgehead atoms. The van der Waals surface area contributed by atoms with E-state index < -0.39 is 28.6 Å². The van der Waals surface area contributed by atoms with E-state index in [0.717, 1.165) is 23.7 Å². The number of rotatable bonds is 1. The molecule has 7 heteroatoms. The van der Waals surface area contributed by atoms with Gasteiger partial charge in [-0.3, -0.25) is 5.41 Å². The molecule has 1 aromatic carbocycles. The predicted octanol–water partition coefficient (Wildman–Crippen LogP) is 4.35. The molecular weight excluding hydrogens is 408 g/mol. The number of hydrogen-bond donors (Lipinski definition) is 1. The third-order valence-corrected chi connectivity index (χ3v) is 6.77. The van der Waals surface area contributed by atoms with Crippen LogP contribution in [0.15, 0.2) is 28.7 Å². The molecule has 6 nitrogen and oxygen atoms in total.